The zero-order chi connectivity index (χ0) is 9.84. The summed E-state index contributed by atoms with van der Waals surface area (Å²) in [5.74, 6) is 0.275. The van der Waals surface area contributed by atoms with E-state index in [0.717, 1.165) is 12.0 Å². The third kappa shape index (κ3) is 2.30. The zero-order valence-corrected chi connectivity index (χ0v) is 8.55. The van der Waals surface area contributed by atoms with Gasteiger partial charge in [0.15, 0.2) is 0 Å². The highest BCUT2D eigenvalue weighted by Crippen LogP contribution is 2.28. The van der Waals surface area contributed by atoms with Crippen LogP contribution in [0.4, 0.5) is 4.39 Å². The van der Waals surface area contributed by atoms with Crippen molar-refractivity contribution in [2.45, 2.75) is 27.2 Å². The Bertz CT molecular complexity index is 258. The average Bonchev–Trinajstić information content (AvgIpc) is 2.29. The SMILES string of the molecule is CCC(C)C1=C(F)[C@H](C)C=CC=C1. The van der Waals surface area contributed by atoms with Crippen LogP contribution in [-0.4, -0.2) is 0 Å². The van der Waals surface area contributed by atoms with E-state index in [1.807, 2.05) is 31.2 Å². The van der Waals surface area contributed by atoms with Gasteiger partial charge in [-0.05, 0) is 17.9 Å². The number of rotatable bonds is 2. The topological polar surface area (TPSA) is 0 Å². The minimum absolute atomic E-state index is 0.0272. The van der Waals surface area contributed by atoms with Gasteiger partial charge in [0.1, 0.15) is 5.83 Å². The maximum Gasteiger partial charge on any atom is 0.110 e. The fraction of sp³-hybridized carbons (Fsp3) is 0.500. The lowest BCUT2D eigenvalue weighted by atomic mass is 9.94. The Labute approximate surface area is 79.8 Å². The predicted molar refractivity (Wildman–Crippen MR) is 55.0 cm³/mol. The van der Waals surface area contributed by atoms with Crippen molar-refractivity contribution >= 4 is 0 Å². The molecule has 2 atom stereocenters. The van der Waals surface area contributed by atoms with Gasteiger partial charge in [0.2, 0.25) is 0 Å². The summed E-state index contributed by atoms with van der Waals surface area (Å²) in [4.78, 5) is 0. The Balaban J connectivity index is 2.97. The van der Waals surface area contributed by atoms with Crippen molar-refractivity contribution in [2.75, 3.05) is 0 Å². The van der Waals surface area contributed by atoms with E-state index in [2.05, 4.69) is 13.8 Å². The number of halogens is 1. The highest BCUT2D eigenvalue weighted by molar-refractivity contribution is 5.32. The van der Waals surface area contributed by atoms with Gasteiger partial charge >= 0.3 is 0 Å². The minimum atomic E-state index is -0.0704. The second-order valence-electron chi connectivity index (χ2n) is 3.65. The highest BCUT2D eigenvalue weighted by atomic mass is 19.1. The van der Waals surface area contributed by atoms with E-state index in [9.17, 15) is 4.39 Å². The molecule has 1 rings (SSSR count). The van der Waals surface area contributed by atoms with Crippen LogP contribution in [0.3, 0.4) is 0 Å². The Hall–Kier alpha value is -0.850. The molecule has 0 bridgehead atoms. The predicted octanol–water partition coefficient (Wildman–Crippen LogP) is 4.02. The molecule has 1 unspecified atom stereocenters. The molecule has 1 aliphatic carbocycles. The van der Waals surface area contributed by atoms with Gasteiger partial charge in [-0.2, -0.15) is 0 Å². The van der Waals surface area contributed by atoms with E-state index in [-0.39, 0.29) is 11.7 Å². The molecular formula is C12H17F. The maximum atomic E-state index is 13.7. The summed E-state index contributed by atoms with van der Waals surface area (Å²) in [6, 6.07) is 0. The monoisotopic (exact) mass is 180 g/mol. The van der Waals surface area contributed by atoms with Crippen molar-refractivity contribution in [1.82, 2.24) is 0 Å². The lowest BCUT2D eigenvalue weighted by molar-refractivity contribution is 0.514. The molecule has 0 saturated heterocycles. The molecule has 0 N–H and O–H groups in total. The number of hydrogen-bond acceptors (Lipinski definition) is 0. The molecule has 0 radical (unpaired) electrons. The molecule has 0 nitrogen and oxygen atoms in total. The lowest BCUT2D eigenvalue weighted by Gasteiger charge is -2.13. The quantitative estimate of drug-likeness (QED) is 0.602. The van der Waals surface area contributed by atoms with Gasteiger partial charge in [-0.1, -0.05) is 45.1 Å². The highest BCUT2D eigenvalue weighted by Gasteiger charge is 2.15. The molecule has 0 aromatic rings. The zero-order valence-electron chi connectivity index (χ0n) is 8.55. The van der Waals surface area contributed by atoms with Crippen LogP contribution in [0, 0.1) is 11.8 Å². The van der Waals surface area contributed by atoms with Gasteiger partial charge in [-0.25, -0.2) is 4.39 Å². The third-order valence-electron chi connectivity index (χ3n) is 2.61. The first-order valence-corrected chi connectivity index (χ1v) is 4.91. The lowest BCUT2D eigenvalue weighted by Crippen LogP contribution is -2.01. The van der Waals surface area contributed by atoms with Crippen molar-refractivity contribution in [3.05, 3.63) is 35.7 Å². The van der Waals surface area contributed by atoms with Crippen LogP contribution in [0.1, 0.15) is 27.2 Å². The summed E-state index contributed by atoms with van der Waals surface area (Å²) in [6.45, 7) is 6.04. The molecule has 0 aromatic heterocycles. The van der Waals surface area contributed by atoms with E-state index >= 15 is 0 Å². The van der Waals surface area contributed by atoms with Crippen molar-refractivity contribution in [1.29, 1.82) is 0 Å². The van der Waals surface area contributed by atoms with E-state index in [0.29, 0.717) is 5.92 Å². The fourth-order valence-electron chi connectivity index (χ4n) is 1.44. The van der Waals surface area contributed by atoms with Crippen molar-refractivity contribution < 1.29 is 4.39 Å². The van der Waals surface area contributed by atoms with Crippen molar-refractivity contribution in [3.63, 3.8) is 0 Å². The van der Waals surface area contributed by atoms with Crippen LogP contribution < -0.4 is 0 Å². The molecule has 0 heterocycles. The largest absolute Gasteiger partial charge is 0.211 e. The Kier molecular flexibility index (Phi) is 3.47. The smallest absolute Gasteiger partial charge is 0.110 e. The molecule has 72 valence electrons. The first kappa shape index (κ1) is 10.2. The first-order valence-electron chi connectivity index (χ1n) is 4.91. The summed E-state index contributed by atoms with van der Waals surface area (Å²) in [7, 11) is 0. The second kappa shape index (κ2) is 4.40. The summed E-state index contributed by atoms with van der Waals surface area (Å²) < 4.78 is 13.7. The third-order valence-corrected chi connectivity index (χ3v) is 2.61. The van der Waals surface area contributed by atoms with Gasteiger partial charge in [0.25, 0.3) is 0 Å². The van der Waals surface area contributed by atoms with Crippen LogP contribution in [0.2, 0.25) is 0 Å². The average molecular weight is 180 g/mol. The molecule has 1 aliphatic rings. The minimum Gasteiger partial charge on any atom is -0.211 e. The molecule has 0 spiro atoms. The van der Waals surface area contributed by atoms with Crippen molar-refractivity contribution in [2.24, 2.45) is 11.8 Å². The summed E-state index contributed by atoms with van der Waals surface area (Å²) in [5, 5.41) is 0. The number of allylic oxidation sites excluding steroid dienone is 6. The number of hydrogen-bond donors (Lipinski definition) is 0. The van der Waals surface area contributed by atoms with E-state index < -0.39 is 0 Å². The summed E-state index contributed by atoms with van der Waals surface area (Å²) >= 11 is 0. The van der Waals surface area contributed by atoms with Crippen molar-refractivity contribution in [3.8, 4) is 0 Å². The normalized spacial score (nSPS) is 24.8. The van der Waals surface area contributed by atoms with Gasteiger partial charge < -0.3 is 0 Å². The molecule has 0 amide bonds. The van der Waals surface area contributed by atoms with E-state index in [1.165, 1.54) is 0 Å². The van der Waals surface area contributed by atoms with Gasteiger partial charge in [-0.15, -0.1) is 0 Å². The molecule has 0 fully saturated rings. The fourth-order valence-corrected chi connectivity index (χ4v) is 1.44. The Morgan fingerprint density at radius 3 is 2.77 bits per heavy atom. The van der Waals surface area contributed by atoms with Gasteiger partial charge in [0, 0.05) is 5.92 Å². The molecule has 1 heteroatoms. The standard InChI is InChI=1S/C12H17F/c1-4-9(2)11-8-6-5-7-10(3)12(11)13/h5-10H,4H2,1-3H3/t9?,10-/m1/s1. The van der Waals surface area contributed by atoms with Crippen LogP contribution >= 0.6 is 0 Å². The maximum absolute atomic E-state index is 13.7. The molecule has 0 aromatic carbocycles. The van der Waals surface area contributed by atoms with Crippen LogP contribution in [0.15, 0.2) is 35.7 Å². The van der Waals surface area contributed by atoms with Crippen LogP contribution in [0.25, 0.3) is 0 Å². The Morgan fingerprint density at radius 1 is 1.46 bits per heavy atom. The second-order valence-corrected chi connectivity index (χ2v) is 3.65. The first-order chi connectivity index (χ1) is 6.16. The molecule has 0 saturated carbocycles. The van der Waals surface area contributed by atoms with Crippen LogP contribution in [-0.2, 0) is 0 Å². The van der Waals surface area contributed by atoms with E-state index in [4.69, 9.17) is 0 Å². The van der Waals surface area contributed by atoms with Crippen LogP contribution in [0.5, 0.6) is 0 Å². The Morgan fingerprint density at radius 2 is 2.15 bits per heavy atom. The molecule has 0 aliphatic heterocycles. The summed E-state index contributed by atoms with van der Waals surface area (Å²) in [6.07, 6.45) is 8.61. The summed E-state index contributed by atoms with van der Waals surface area (Å²) in [5.41, 5.74) is 0.861. The van der Waals surface area contributed by atoms with E-state index in [1.54, 1.807) is 0 Å². The van der Waals surface area contributed by atoms with Gasteiger partial charge in [0.05, 0.1) is 0 Å². The molecular weight excluding hydrogens is 163 g/mol. The van der Waals surface area contributed by atoms with Gasteiger partial charge in [-0.3, -0.25) is 0 Å². The molecule has 13 heavy (non-hydrogen) atoms.